The molecule has 2 aromatic rings. The lowest BCUT2D eigenvalue weighted by Crippen LogP contribution is -2.28. The van der Waals surface area contributed by atoms with Crippen LogP contribution >= 0.6 is 0 Å². The number of carbonyl (C=O) groups is 1. The second kappa shape index (κ2) is 5.69. The predicted molar refractivity (Wildman–Crippen MR) is 71.6 cm³/mol. The molecule has 0 aliphatic carbocycles. The quantitative estimate of drug-likeness (QED) is 0.817. The van der Waals surface area contributed by atoms with Gasteiger partial charge in [-0.1, -0.05) is 0 Å². The maximum absolute atomic E-state index is 12.2. The highest BCUT2D eigenvalue weighted by Crippen LogP contribution is 2.07. The summed E-state index contributed by atoms with van der Waals surface area (Å²) in [6.45, 7) is 6.12. The number of nitrogens with zero attached hydrogens (tertiary/aromatic N) is 5. The minimum absolute atomic E-state index is 0.0731. The van der Waals surface area contributed by atoms with Crippen molar-refractivity contribution < 1.29 is 4.79 Å². The van der Waals surface area contributed by atoms with E-state index in [1.165, 1.54) is 0 Å². The predicted octanol–water partition coefficient (Wildman–Crippen LogP) is 1.39. The highest BCUT2D eigenvalue weighted by Gasteiger charge is 2.16. The largest absolute Gasteiger partial charge is 0.334 e. The van der Waals surface area contributed by atoms with Crippen LogP contribution in [0.5, 0.6) is 0 Å². The third-order valence-electron chi connectivity index (χ3n) is 3.03. The van der Waals surface area contributed by atoms with Crippen LogP contribution in [0, 0.1) is 0 Å². The van der Waals surface area contributed by atoms with Crippen molar-refractivity contribution in [3.8, 4) is 0 Å². The van der Waals surface area contributed by atoms with Crippen LogP contribution in [-0.2, 0) is 19.6 Å². The Balaban J connectivity index is 2.07. The molecule has 0 saturated heterocycles. The number of aryl methyl sites for hydroxylation is 2. The van der Waals surface area contributed by atoms with Crippen molar-refractivity contribution in [1.29, 1.82) is 0 Å². The fourth-order valence-corrected chi connectivity index (χ4v) is 1.94. The van der Waals surface area contributed by atoms with Crippen molar-refractivity contribution in [2.75, 3.05) is 7.05 Å². The fourth-order valence-electron chi connectivity index (χ4n) is 1.94. The van der Waals surface area contributed by atoms with Gasteiger partial charge >= 0.3 is 0 Å². The molecule has 0 unspecified atom stereocenters. The third kappa shape index (κ3) is 2.83. The molecule has 0 radical (unpaired) electrons. The van der Waals surface area contributed by atoms with Gasteiger partial charge < -0.3 is 4.90 Å². The zero-order chi connectivity index (χ0) is 13.8. The van der Waals surface area contributed by atoms with E-state index in [-0.39, 0.29) is 5.91 Å². The summed E-state index contributed by atoms with van der Waals surface area (Å²) in [5.41, 5.74) is 1.50. The van der Waals surface area contributed by atoms with Crippen LogP contribution in [0.1, 0.15) is 30.0 Å². The number of amides is 1. The standard InChI is InChI=1S/C13H19N5O/c1-4-17-9-7-12(15-17)13(19)16(3)10-11-6-8-14-18(11)5-2/h6-9H,4-5,10H2,1-3H3. The van der Waals surface area contributed by atoms with E-state index in [2.05, 4.69) is 10.2 Å². The summed E-state index contributed by atoms with van der Waals surface area (Å²) in [4.78, 5) is 13.9. The Bertz CT molecular complexity index is 557. The van der Waals surface area contributed by atoms with Gasteiger partial charge in [0.25, 0.3) is 5.91 Å². The SMILES string of the molecule is CCn1ccc(C(=O)N(C)Cc2ccnn2CC)n1. The van der Waals surface area contributed by atoms with Crippen LogP contribution in [0.2, 0.25) is 0 Å². The molecule has 1 amide bonds. The monoisotopic (exact) mass is 261 g/mol. The molecule has 0 fully saturated rings. The first-order valence-corrected chi connectivity index (χ1v) is 6.45. The van der Waals surface area contributed by atoms with Crippen LogP contribution in [0.4, 0.5) is 0 Å². The Hall–Kier alpha value is -2.11. The van der Waals surface area contributed by atoms with E-state index in [9.17, 15) is 4.79 Å². The number of carbonyl (C=O) groups excluding carboxylic acids is 1. The van der Waals surface area contributed by atoms with Gasteiger partial charge in [0.1, 0.15) is 5.69 Å². The van der Waals surface area contributed by atoms with Crippen molar-refractivity contribution in [1.82, 2.24) is 24.5 Å². The van der Waals surface area contributed by atoms with Gasteiger partial charge in [0.05, 0.1) is 12.2 Å². The van der Waals surface area contributed by atoms with Crippen LogP contribution in [0.25, 0.3) is 0 Å². The highest BCUT2D eigenvalue weighted by atomic mass is 16.2. The Labute approximate surface area is 112 Å². The minimum Gasteiger partial charge on any atom is -0.334 e. The lowest BCUT2D eigenvalue weighted by molar-refractivity contribution is 0.0775. The highest BCUT2D eigenvalue weighted by molar-refractivity contribution is 5.91. The first-order valence-electron chi connectivity index (χ1n) is 6.45. The van der Waals surface area contributed by atoms with Gasteiger partial charge in [-0.05, 0) is 26.0 Å². The molecule has 6 heteroatoms. The average Bonchev–Trinajstić information content (AvgIpc) is 3.06. The molecule has 2 heterocycles. The molecule has 102 valence electrons. The second-order valence-electron chi connectivity index (χ2n) is 4.36. The van der Waals surface area contributed by atoms with Gasteiger partial charge in [-0.3, -0.25) is 14.2 Å². The molecule has 0 spiro atoms. The van der Waals surface area contributed by atoms with E-state index in [0.717, 1.165) is 18.8 Å². The lowest BCUT2D eigenvalue weighted by Gasteiger charge is -2.16. The van der Waals surface area contributed by atoms with E-state index in [4.69, 9.17) is 0 Å². The van der Waals surface area contributed by atoms with Gasteiger partial charge in [-0.2, -0.15) is 10.2 Å². The number of aromatic nitrogens is 4. The van der Waals surface area contributed by atoms with Crippen molar-refractivity contribution >= 4 is 5.91 Å². The molecule has 0 aliphatic rings. The summed E-state index contributed by atoms with van der Waals surface area (Å²) < 4.78 is 3.63. The summed E-state index contributed by atoms with van der Waals surface area (Å²) in [5, 5.41) is 8.42. The molecule has 0 saturated carbocycles. The van der Waals surface area contributed by atoms with Crippen molar-refractivity contribution in [3.05, 3.63) is 35.9 Å². The minimum atomic E-state index is -0.0731. The average molecular weight is 261 g/mol. The van der Waals surface area contributed by atoms with Crippen molar-refractivity contribution in [2.24, 2.45) is 0 Å². The zero-order valence-corrected chi connectivity index (χ0v) is 11.6. The summed E-state index contributed by atoms with van der Waals surface area (Å²) in [7, 11) is 1.78. The van der Waals surface area contributed by atoms with Crippen molar-refractivity contribution in [3.63, 3.8) is 0 Å². The molecule has 2 rings (SSSR count). The lowest BCUT2D eigenvalue weighted by atomic mass is 10.3. The molecule has 0 bridgehead atoms. The van der Waals surface area contributed by atoms with Gasteiger partial charge in [-0.15, -0.1) is 0 Å². The van der Waals surface area contributed by atoms with Gasteiger partial charge in [0, 0.05) is 32.5 Å². The molecule has 2 aromatic heterocycles. The van der Waals surface area contributed by atoms with Crippen LogP contribution in [-0.4, -0.2) is 37.4 Å². The topological polar surface area (TPSA) is 56.0 Å². The van der Waals surface area contributed by atoms with E-state index in [0.29, 0.717) is 12.2 Å². The normalized spacial score (nSPS) is 10.7. The van der Waals surface area contributed by atoms with Crippen LogP contribution in [0.15, 0.2) is 24.5 Å². The van der Waals surface area contributed by atoms with E-state index in [1.54, 1.807) is 28.9 Å². The van der Waals surface area contributed by atoms with Gasteiger partial charge in [0.2, 0.25) is 0 Å². The summed E-state index contributed by atoms with van der Waals surface area (Å²) >= 11 is 0. The molecular formula is C13H19N5O. The van der Waals surface area contributed by atoms with Gasteiger partial charge in [-0.25, -0.2) is 0 Å². The first-order chi connectivity index (χ1) is 9.15. The van der Waals surface area contributed by atoms with Crippen LogP contribution in [0.3, 0.4) is 0 Å². The summed E-state index contributed by atoms with van der Waals surface area (Å²) in [6.07, 6.45) is 3.57. The first kappa shape index (κ1) is 13.3. The van der Waals surface area contributed by atoms with Crippen molar-refractivity contribution in [2.45, 2.75) is 33.5 Å². The van der Waals surface area contributed by atoms with E-state index < -0.39 is 0 Å². The Morgan fingerprint density at radius 3 is 2.74 bits per heavy atom. The maximum Gasteiger partial charge on any atom is 0.274 e. The van der Waals surface area contributed by atoms with E-state index in [1.807, 2.05) is 30.8 Å². The summed E-state index contributed by atoms with van der Waals surface area (Å²) in [5.74, 6) is -0.0731. The fraction of sp³-hybridized carbons (Fsp3) is 0.462. The van der Waals surface area contributed by atoms with Gasteiger partial charge in [0.15, 0.2) is 0 Å². The second-order valence-corrected chi connectivity index (χ2v) is 4.36. The maximum atomic E-state index is 12.2. The molecular weight excluding hydrogens is 242 g/mol. The summed E-state index contributed by atoms with van der Waals surface area (Å²) in [6, 6.07) is 3.68. The number of hydrogen-bond donors (Lipinski definition) is 0. The number of rotatable bonds is 5. The molecule has 19 heavy (non-hydrogen) atoms. The Morgan fingerprint density at radius 2 is 2.11 bits per heavy atom. The van der Waals surface area contributed by atoms with Crippen LogP contribution < -0.4 is 0 Å². The zero-order valence-electron chi connectivity index (χ0n) is 11.6. The molecule has 6 nitrogen and oxygen atoms in total. The van der Waals surface area contributed by atoms with E-state index >= 15 is 0 Å². The molecule has 0 aliphatic heterocycles. The Kier molecular flexibility index (Phi) is 3.99. The molecule has 0 aromatic carbocycles. The Morgan fingerprint density at radius 1 is 1.32 bits per heavy atom. The molecule has 0 N–H and O–H groups in total. The third-order valence-corrected chi connectivity index (χ3v) is 3.03. The smallest absolute Gasteiger partial charge is 0.274 e. The number of hydrogen-bond acceptors (Lipinski definition) is 3. The molecule has 0 atom stereocenters.